The maximum Gasteiger partial charge on any atom is 0.337 e. The first-order valence-electron chi connectivity index (χ1n) is 7.18. The van der Waals surface area contributed by atoms with Gasteiger partial charge in [0.05, 0.1) is 11.3 Å². The number of aromatic carboxylic acids is 1. The van der Waals surface area contributed by atoms with Crippen molar-refractivity contribution in [2.24, 2.45) is 5.41 Å². The van der Waals surface area contributed by atoms with Gasteiger partial charge in [-0.25, -0.2) is 4.79 Å². The fraction of sp³-hybridized carbons (Fsp3) is 0.353. The number of hydrogen-bond acceptors (Lipinski definition) is 2. The van der Waals surface area contributed by atoms with Crippen molar-refractivity contribution in [2.75, 3.05) is 18.0 Å². The molecule has 0 aromatic heterocycles. The van der Waals surface area contributed by atoms with E-state index in [1.54, 1.807) is 6.07 Å². The van der Waals surface area contributed by atoms with Crippen molar-refractivity contribution in [3.05, 3.63) is 42.0 Å². The summed E-state index contributed by atoms with van der Waals surface area (Å²) in [5.41, 5.74) is 1.81. The average Bonchev–Trinajstić information content (AvgIpc) is 2.34. The summed E-state index contributed by atoms with van der Waals surface area (Å²) in [4.78, 5) is 13.8. The minimum atomic E-state index is -0.833. The van der Waals surface area contributed by atoms with Crippen molar-refractivity contribution in [1.82, 2.24) is 0 Å². The number of hydrogen-bond donors (Lipinski definition) is 1. The van der Waals surface area contributed by atoms with Gasteiger partial charge in [-0.3, -0.25) is 0 Å². The second kappa shape index (κ2) is 3.98. The van der Waals surface area contributed by atoms with Crippen LogP contribution in [0, 0.1) is 5.41 Å². The molecule has 20 heavy (non-hydrogen) atoms. The topological polar surface area (TPSA) is 40.5 Å². The summed E-state index contributed by atoms with van der Waals surface area (Å²) >= 11 is 0. The number of carboxylic acid groups (broad SMARTS) is 1. The van der Waals surface area contributed by atoms with E-state index in [0.717, 1.165) is 29.5 Å². The van der Waals surface area contributed by atoms with E-state index in [1.807, 2.05) is 30.3 Å². The Morgan fingerprint density at radius 1 is 1.10 bits per heavy atom. The maximum absolute atomic E-state index is 11.5. The Balaban J connectivity index is 1.77. The number of anilines is 1. The Hall–Kier alpha value is -2.03. The van der Waals surface area contributed by atoms with Crippen LogP contribution in [-0.2, 0) is 0 Å². The molecular weight excluding hydrogens is 250 g/mol. The highest BCUT2D eigenvalue weighted by molar-refractivity contribution is 6.01. The highest BCUT2D eigenvalue weighted by Gasteiger charge is 2.47. The molecule has 1 N–H and O–H groups in total. The molecule has 0 amide bonds. The maximum atomic E-state index is 11.5. The quantitative estimate of drug-likeness (QED) is 0.905. The summed E-state index contributed by atoms with van der Waals surface area (Å²) in [6.45, 7) is 2.04. The zero-order chi connectivity index (χ0) is 13.7. The van der Waals surface area contributed by atoms with Gasteiger partial charge in [-0.2, -0.15) is 0 Å². The first-order valence-corrected chi connectivity index (χ1v) is 7.18. The molecule has 4 rings (SSSR count). The van der Waals surface area contributed by atoms with E-state index in [2.05, 4.69) is 4.90 Å². The molecule has 1 aliphatic heterocycles. The average molecular weight is 267 g/mol. The number of fused-ring (bicyclic) bond motifs is 1. The number of carboxylic acids is 1. The van der Waals surface area contributed by atoms with E-state index in [9.17, 15) is 9.90 Å². The Morgan fingerprint density at radius 3 is 2.30 bits per heavy atom. The predicted octanol–water partition coefficient (Wildman–Crippen LogP) is 3.53. The van der Waals surface area contributed by atoms with Crippen LogP contribution in [0.3, 0.4) is 0 Å². The Kier molecular flexibility index (Phi) is 2.34. The van der Waals surface area contributed by atoms with E-state index in [-0.39, 0.29) is 0 Å². The van der Waals surface area contributed by atoms with Crippen LogP contribution >= 0.6 is 0 Å². The van der Waals surface area contributed by atoms with Gasteiger partial charge >= 0.3 is 5.97 Å². The Labute approximate surface area is 117 Å². The lowest BCUT2D eigenvalue weighted by molar-refractivity contribution is 0.0690. The Bertz CT molecular complexity index is 695. The third-order valence-corrected chi connectivity index (χ3v) is 4.90. The molecule has 0 atom stereocenters. The van der Waals surface area contributed by atoms with Crippen LogP contribution in [0.25, 0.3) is 10.8 Å². The van der Waals surface area contributed by atoms with Crippen LogP contribution in [0.4, 0.5) is 5.69 Å². The van der Waals surface area contributed by atoms with Crippen LogP contribution < -0.4 is 4.90 Å². The van der Waals surface area contributed by atoms with Crippen LogP contribution in [0.1, 0.15) is 29.6 Å². The molecule has 1 saturated carbocycles. The lowest BCUT2D eigenvalue weighted by atomic mass is 9.63. The number of nitrogens with zero attached hydrogens (tertiary/aromatic N) is 1. The molecule has 2 aliphatic rings. The zero-order valence-electron chi connectivity index (χ0n) is 11.3. The van der Waals surface area contributed by atoms with Gasteiger partial charge in [0, 0.05) is 18.5 Å². The minimum absolute atomic E-state index is 0.429. The van der Waals surface area contributed by atoms with Gasteiger partial charge in [-0.05, 0) is 35.7 Å². The van der Waals surface area contributed by atoms with E-state index in [1.165, 1.54) is 19.3 Å². The van der Waals surface area contributed by atoms with Gasteiger partial charge in [0.25, 0.3) is 0 Å². The molecule has 1 saturated heterocycles. The van der Waals surface area contributed by atoms with Gasteiger partial charge in [0.15, 0.2) is 0 Å². The van der Waals surface area contributed by atoms with Gasteiger partial charge < -0.3 is 10.0 Å². The van der Waals surface area contributed by atoms with E-state index in [4.69, 9.17) is 0 Å². The van der Waals surface area contributed by atoms with Crippen LogP contribution in [0.15, 0.2) is 36.4 Å². The molecule has 0 unspecified atom stereocenters. The molecule has 0 radical (unpaired) electrons. The summed E-state index contributed by atoms with van der Waals surface area (Å²) in [6.07, 6.45) is 3.94. The molecule has 2 fully saturated rings. The third kappa shape index (κ3) is 1.62. The van der Waals surface area contributed by atoms with Gasteiger partial charge in [-0.15, -0.1) is 0 Å². The van der Waals surface area contributed by atoms with Crippen molar-refractivity contribution < 1.29 is 9.90 Å². The summed E-state index contributed by atoms with van der Waals surface area (Å²) < 4.78 is 0. The molecule has 1 spiro atoms. The van der Waals surface area contributed by atoms with E-state index in [0.29, 0.717) is 11.0 Å². The lowest BCUT2D eigenvalue weighted by Gasteiger charge is -2.57. The van der Waals surface area contributed by atoms with Crippen LogP contribution in [0.5, 0.6) is 0 Å². The molecule has 2 aromatic carbocycles. The summed E-state index contributed by atoms with van der Waals surface area (Å²) in [7, 11) is 0. The molecule has 3 nitrogen and oxygen atoms in total. The SMILES string of the molecule is O=C(O)c1cc2ccccc2cc1N1CC2(CCC2)C1. The number of rotatable bonds is 2. The predicted molar refractivity (Wildman–Crippen MR) is 79.4 cm³/mol. The van der Waals surface area contributed by atoms with Gasteiger partial charge in [0.1, 0.15) is 0 Å². The molecule has 2 aromatic rings. The van der Waals surface area contributed by atoms with Crippen molar-refractivity contribution in [3.63, 3.8) is 0 Å². The Morgan fingerprint density at radius 2 is 1.75 bits per heavy atom. The van der Waals surface area contributed by atoms with Crippen LogP contribution in [0.2, 0.25) is 0 Å². The number of benzene rings is 2. The first kappa shape index (κ1) is 11.8. The zero-order valence-corrected chi connectivity index (χ0v) is 11.3. The normalized spacial score (nSPS) is 19.7. The highest BCUT2D eigenvalue weighted by atomic mass is 16.4. The fourth-order valence-electron chi connectivity index (χ4n) is 3.59. The van der Waals surface area contributed by atoms with Crippen LogP contribution in [-0.4, -0.2) is 24.2 Å². The van der Waals surface area contributed by atoms with Crippen molar-refractivity contribution in [3.8, 4) is 0 Å². The third-order valence-electron chi connectivity index (χ3n) is 4.90. The van der Waals surface area contributed by atoms with E-state index < -0.39 is 5.97 Å². The molecule has 3 heteroatoms. The molecule has 1 aliphatic carbocycles. The van der Waals surface area contributed by atoms with E-state index >= 15 is 0 Å². The smallest absolute Gasteiger partial charge is 0.337 e. The number of carbonyl (C=O) groups is 1. The highest BCUT2D eigenvalue weighted by Crippen LogP contribution is 2.50. The van der Waals surface area contributed by atoms with Gasteiger partial charge in [-0.1, -0.05) is 30.7 Å². The van der Waals surface area contributed by atoms with Crippen molar-refractivity contribution in [2.45, 2.75) is 19.3 Å². The van der Waals surface area contributed by atoms with Crippen molar-refractivity contribution in [1.29, 1.82) is 0 Å². The molecule has 0 bridgehead atoms. The monoisotopic (exact) mass is 267 g/mol. The minimum Gasteiger partial charge on any atom is -0.478 e. The van der Waals surface area contributed by atoms with Crippen molar-refractivity contribution >= 4 is 22.4 Å². The molecule has 1 heterocycles. The molecule has 102 valence electrons. The second-order valence-corrected chi connectivity index (χ2v) is 6.23. The first-order chi connectivity index (χ1) is 9.67. The summed E-state index contributed by atoms with van der Waals surface area (Å²) in [5, 5.41) is 11.6. The standard InChI is InChI=1S/C17H17NO2/c19-16(20)14-8-12-4-1-2-5-13(12)9-15(14)18-10-17(11-18)6-3-7-17/h1-2,4-5,8-9H,3,6-7,10-11H2,(H,19,20). The second-order valence-electron chi connectivity index (χ2n) is 6.23. The molecular formula is C17H17NO2. The summed E-state index contributed by atoms with van der Waals surface area (Å²) in [5.74, 6) is -0.833. The van der Waals surface area contributed by atoms with Gasteiger partial charge in [0.2, 0.25) is 0 Å². The lowest BCUT2D eigenvalue weighted by Crippen LogP contribution is -2.60. The largest absolute Gasteiger partial charge is 0.478 e. The fourth-order valence-corrected chi connectivity index (χ4v) is 3.59. The summed E-state index contributed by atoms with van der Waals surface area (Å²) in [6, 6.07) is 11.8.